The Labute approximate surface area is 179 Å². The number of ketones is 1. The molecule has 1 aliphatic heterocycles. The van der Waals surface area contributed by atoms with Crippen LogP contribution in [-0.2, 0) is 27.7 Å². The van der Waals surface area contributed by atoms with E-state index in [0.717, 1.165) is 11.8 Å². The van der Waals surface area contributed by atoms with Gasteiger partial charge in [0, 0.05) is 24.5 Å². The fourth-order valence-electron chi connectivity index (χ4n) is 3.49. The topological polar surface area (TPSA) is 112 Å². The maximum atomic E-state index is 12.5. The number of Topliss-reactive ketones (excluding diaryl/α,β-unsaturated/α-hetero) is 1. The average Bonchev–Trinajstić information content (AvgIpc) is 3.43. The van der Waals surface area contributed by atoms with Crippen LogP contribution in [0.3, 0.4) is 0 Å². The lowest BCUT2D eigenvalue weighted by atomic mass is 9.99. The highest BCUT2D eigenvalue weighted by Crippen LogP contribution is 2.30. The number of carbonyl (C=O) groups is 2. The third-order valence-corrected chi connectivity index (χ3v) is 6.13. The van der Waals surface area contributed by atoms with Crippen LogP contribution in [0.15, 0.2) is 53.2 Å². The molecule has 9 nitrogen and oxygen atoms in total. The quantitative estimate of drug-likeness (QED) is 0.407. The van der Waals surface area contributed by atoms with E-state index in [1.165, 1.54) is 10.4 Å². The van der Waals surface area contributed by atoms with Gasteiger partial charge in [-0.1, -0.05) is 0 Å². The predicted molar refractivity (Wildman–Crippen MR) is 112 cm³/mol. The van der Waals surface area contributed by atoms with Gasteiger partial charge < -0.3 is 9.15 Å². The molecule has 0 atom stereocenters. The molecular formula is C21H21N3O6S. The summed E-state index contributed by atoms with van der Waals surface area (Å²) in [6.07, 6.45) is 5.92. The summed E-state index contributed by atoms with van der Waals surface area (Å²) in [6.45, 7) is 0.351. The van der Waals surface area contributed by atoms with Gasteiger partial charge in [-0.2, -0.15) is 5.10 Å². The molecule has 0 N–H and O–H groups in total. The third kappa shape index (κ3) is 4.69. The van der Waals surface area contributed by atoms with Gasteiger partial charge in [-0.25, -0.2) is 13.2 Å². The average molecular weight is 443 g/mol. The summed E-state index contributed by atoms with van der Waals surface area (Å²) in [5.74, 6) is -0.575. The highest BCUT2D eigenvalue weighted by atomic mass is 32.2. The van der Waals surface area contributed by atoms with Gasteiger partial charge in [-0.3, -0.25) is 13.8 Å². The normalized spacial score (nSPS) is 13.6. The smallest absolute Gasteiger partial charge is 0.374 e. The molecule has 3 aromatic rings. The van der Waals surface area contributed by atoms with Crippen LogP contribution in [0.2, 0.25) is 0 Å². The number of anilines is 1. The van der Waals surface area contributed by atoms with Crippen molar-refractivity contribution in [2.45, 2.75) is 19.4 Å². The predicted octanol–water partition coefficient (Wildman–Crippen LogP) is 2.28. The molecule has 4 rings (SSSR count). The number of carbonyl (C=O) groups excluding carboxylic acids is 2. The number of nitrogens with zero attached hydrogens (tertiary/aromatic N) is 3. The van der Waals surface area contributed by atoms with Gasteiger partial charge in [-0.15, -0.1) is 0 Å². The fraction of sp³-hybridized carbons (Fsp3) is 0.286. The Kier molecular flexibility index (Phi) is 5.64. The SMILES string of the molecule is CS(=O)(=O)N1CCCc2cc(C(=O)COC(=O)c3ccc(Cn4cccn4)o3)ccc21. The Morgan fingerprint density at radius 1 is 1.23 bits per heavy atom. The minimum atomic E-state index is -3.38. The van der Waals surface area contributed by atoms with E-state index >= 15 is 0 Å². The summed E-state index contributed by atoms with van der Waals surface area (Å²) >= 11 is 0. The van der Waals surface area contributed by atoms with Crippen molar-refractivity contribution >= 4 is 27.5 Å². The zero-order valence-electron chi connectivity index (χ0n) is 16.9. The van der Waals surface area contributed by atoms with Gasteiger partial charge in [0.2, 0.25) is 15.8 Å². The third-order valence-electron chi connectivity index (χ3n) is 4.95. The first-order valence-corrected chi connectivity index (χ1v) is 11.5. The highest BCUT2D eigenvalue weighted by Gasteiger charge is 2.25. The van der Waals surface area contributed by atoms with E-state index < -0.39 is 22.6 Å². The Morgan fingerprint density at radius 3 is 2.81 bits per heavy atom. The van der Waals surface area contributed by atoms with Crippen molar-refractivity contribution in [3.05, 3.63) is 71.4 Å². The lowest BCUT2D eigenvalue weighted by molar-refractivity contribution is 0.0442. The number of furan rings is 1. The standard InChI is InChI=1S/C21H21N3O6S/c1-31(27,28)24-11-2-4-15-12-16(5-7-18(15)24)19(25)14-29-21(26)20-8-6-17(30-20)13-23-10-3-9-22-23/h3,5-10,12H,2,4,11,13-14H2,1H3. The Bertz CT molecular complexity index is 1210. The molecule has 1 aromatic carbocycles. The molecule has 0 fully saturated rings. The number of ether oxygens (including phenoxy) is 1. The summed E-state index contributed by atoms with van der Waals surface area (Å²) in [6, 6.07) is 9.76. The van der Waals surface area contributed by atoms with Crippen molar-refractivity contribution in [1.29, 1.82) is 0 Å². The molecule has 31 heavy (non-hydrogen) atoms. The Balaban J connectivity index is 1.39. The van der Waals surface area contributed by atoms with Gasteiger partial charge in [-0.05, 0) is 54.8 Å². The fourth-order valence-corrected chi connectivity index (χ4v) is 4.49. The van der Waals surface area contributed by atoms with Gasteiger partial charge >= 0.3 is 5.97 Å². The first-order valence-electron chi connectivity index (χ1n) is 9.68. The molecule has 0 spiro atoms. The second kappa shape index (κ2) is 8.38. The lowest BCUT2D eigenvalue weighted by Crippen LogP contribution is -2.34. The zero-order chi connectivity index (χ0) is 22.0. The van der Waals surface area contributed by atoms with Crippen molar-refractivity contribution in [2.24, 2.45) is 0 Å². The summed E-state index contributed by atoms with van der Waals surface area (Å²) in [5, 5.41) is 4.07. The summed E-state index contributed by atoms with van der Waals surface area (Å²) < 4.78 is 37.5. The molecule has 162 valence electrons. The van der Waals surface area contributed by atoms with Crippen LogP contribution in [0.4, 0.5) is 5.69 Å². The Hall–Kier alpha value is -3.40. The first kappa shape index (κ1) is 20.9. The van der Waals surface area contributed by atoms with Crippen LogP contribution in [0.1, 0.15) is 38.7 Å². The molecule has 0 amide bonds. The van der Waals surface area contributed by atoms with E-state index in [4.69, 9.17) is 9.15 Å². The molecule has 0 saturated heterocycles. The number of rotatable bonds is 7. The minimum absolute atomic E-state index is 0.00388. The maximum Gasteiger partial charge on any atom is 0.374 e. The molecule has 0 saturated carbocycles. The summed E-state index contributed by atoms with van der Waals surface area (Å²) in [7, 11) is -3.38. The largest absolute Gasteiger partial charge is 0.452 e. The highest BCUT2D eigenvalue weighted by molar-refractivity contribution is 7.92. The van der Waals surface area contributed by atoms with Crippen LogP contribution in [0.25, 0.3) is 0 Å². The second-order valence-corrected chi connectivity index (χ2v) is 9.16. The maximum absolute atomic E-state index is 12.5. The van der Waals surface area contributed by atoms with Crippen LogP contribution in [0, 0.1) is 0 Å². The number of fused-ring (bicyclic) bond motifs is 1. The van der Waals surface area contributed by atoms with Crippen LogP contribution in [0.5, 0.6) is 0 Å². The number of esters is 1. The molecular weight excluding hydrogens is 422 g/mol. The lowest BCUT2D eigenvalue weighted by Gasteiger charge is -2.29. The molecule has 1 aliphatic rings. The van der Waals surface area contributed by atoms with E-state index in [1.54, 1.807) is 47.4 Å². The van der Waals surface area contributed by atoms with Crippen molar-refractivity contribution in [2.75, 3.05) is 23.7 Å². The van der Waals surface area contributed by atoms with Crippen LogP contribution < -0.4 is 4.31 Å². The van der Waals surface area contributed by atoms with Crippen molar-refractivity contribution in [3.8, 4) is 0 Å². The van der Waals surface area contributed by atoms with Gasteiger partial charge in [0.05, 0.1) is 18.5 Å². The van der Waals surface area contributed by atoms with Gasteiger partial charge in [0.1, 0.15) is 5.76 Å². The molecule has 0 bridgehead atoms. The number of aryl methyl sites for hydroxylation is 1. The van der Waals surface area contributed by atoms with Crippen LogP contribution >= 0.6 is 0 Å². The number of hydrogen-bond acceptors (Lipinski definition) is 7. The molecule has 0 unspecified atom stereocenters. The minimum Gasteiger partial charge on any atom is -0.452 e. The van der Waals surface area contributed by atoms with E-state index in [9.17, 15) is 18.0 Å². The van der Waals surface area contributed by atoms with Crippen molar-refractivity contribution in [3.63, 3.8) is 0 Å². The number of sulfonamides is 1. The van der Waals surface area contributed by atoms with Crippen molar-refractivity contribution < 1.29 is 27.2 Å². The zero-order valence-corrected chi connectivity index (χ0v) is 17.7. The van der Waals surface area contributed by atoms with Gasteiger partial charge in [0.15, 0.2) is 12.4 Å². The monoisotopic (exact) mass is 443 g/mol. The van der Waals surface area contributed by atoms with Crippen molar-refractivity contribution in [1.82, 2.24) is 9.78 Å². The number of benzene rings is 1. The molecule has 2 aromatic heterocycles. The number of hydrogen-bond donors (Lipinski definition) is 0. The van der Waals surface area contributed by atoms with E-state index in [2.05, 4.69) is 5.10 Å². The van der Waals surface area contributed by atoms with E-state index in [0.29, 0.717) is 42.9 Å². The van der Waals surface area contributed by atoms with Gasteiger partial charge in [0.25, 0.3) is 0 Å². The molecule has 0 aliphatic carbocycles. The first-order chi connectivity index (χ1) is 14.8. The summed E-state index contributed by atoms with van der Waals surface area (Å²) in [5.41, 5.74) is 1.73. The number of aromatic nitrogens is 2. The molecule has 3 heterocycles. The van der Waals surface area contributed by atoms with E-state index in [1.807, 2.05) is 0 Å². The second-order valence-electron chi connectivity index (χ2n) is 7.25. The Morgan fingerprint density at radius 2 is 2.06 bits per heavy atom. The molecule has 10 heteroatoms. The van der Waals surface area contributed by atoms with E-state index in [-0.39, 0.29) is 11.5 Å². The summed E-state index contributed by atoms with van der Waals surface area (Å²) in [4.78, 5) is 24.7. The molecule has 0 radical (unpaired) electrons. The van der Waals surface area contributed by atoms with Crippen LogP contribution in [-0.4, -0.2) is 49.4 Å².